The van der Waals surface area contributed by atoms with Crippen molar-refractivity contribution in [3.05, 3.63) is 83.3 Å². The summed E-state index contributed by atoms with van der Waals surface area (Å²) >= 11 is 0. The lowest BCUT2D eigenvalue weighted by molar-refractivity contribution is -0.138. The maximum atomic E-state index is 13.8. The Bertz CT molecular complexity index is 1320. The van der Waals surface area contributed by atoms with Crippen LogP contribution in [0.3, 0.4) is 0 Å². The smallest absolute Gasteiger partial charge is 0.416 e. The van der Waals surface area contributed by atoms with E-state index < -0.39 is 11.7 Å². The number of allylic oxidation sites excluding steroid dienone is 1. The topological polar surface area (TPSA) is 105 Å². The molecule has 4 aromatic rings. The summed E-state index contributed by atoms with van der Waals surface area (Å²) < 4.78 is 46.8. The Morgan fingerprint density at radius 1 is 1.24 bits per heavy atom. The van der Waals surface area contributed by atoms with Gasteiger partial charge in [-0.05, 0) is 35.4 Å². The molecule has 0 amide bonds. The molecule has 0 atom stereocenters. The number of H-pyrrole nitrogens is 1. The van der Waals surface area contributed by atoms with Crippen molar-refractivity contribution in [2.24, 2.45) is 10.7 Å². The summed E-state index contributed by atoms with van der Waals surface area (Å²) in [6.45, 7) is -0.0431. The van der Waals surface area contributed by atoms with E-state index in [4.69, 9.17) is 10.2 Å². The second-order valence-corrected chi connectivity index (χ2v) is 7.55. The third-order valence-electron chi connectivity index (χ3n) is 5.30. The number of imidazole rings is 1. The van der Waals surface area contributed by atoms with Gasteiger partial charge in [-0.1, -0.05) is 12.1 Å². The number of aliphatic imine (C=N–C) groups is 1. The van der Waals surface area contributed by atoms with E-state index in [-0.39, 0.29) is 12.1 Å². The Morgan fingerprint density at radius 3 is 2.79 bits per heavy atom. The summed E-state index contributed by atoms with van der Waals surface area (Å²) in [7, 11) is 1.53. The molecule has 4 rings (SSSR count). The van der Waals surface area contributed by atoms with Gasteiger partial charge in [-0.15, -0.1) is 0 Å². The van der Waals surface area contributed by atoms with Crippen LogP contribution in [0, 0.1) is 0 Å². The molecule has 3 heterocycles. The lowest BCUT2D eigenvalue weighted by Crippen LogP contribution is -2.13. The van der Waals surface area contributed by atoms with Crippen molar-refractivity contribution in [3.63, 3.8) is 0 Å². The molecule has 176 valence electrons. The van der Waals surface area contributed by atoms with Crippen LogP contribution in [-0.2, 0) is 25.6 Å². The third kappa shape index (κ3) is 5.11. The van der Waals surface area contributed by atoms with Crippen LogP contribution in [0.15, 0.2) is 64.5 Å². The van der Waals surface area contributed by atoms with Crippen LogP contribution in [0.2, 0.25) is 0 Å². The number of fused-ring (bicyclic) bond motifs is 1. The number of furan rings is 1. The van der Waals surface area contributed by atoms with Crippen molar-refractivity contribution >= 4 is 28.6 Å². The molecule has 0 spiro atoms. The summed E-state index contributed by atoms with van der Waals surface area (Å²) in [4.78, 5) is 15.8. The number of benzene rings is 1. The molecule has 0 radical (unpaired) electrons. The number of aromatic nitrogens is 3. The van der Waals surface area contributed by atoms with E-state index in [1.54, 1.807) is 24.6 Å². The number of nitrogens with zero attached hydrogens (tertiary/aromatic N) is 3. The number of halogens is 3. The van der Waals surface area contributed by atoms with Crippen molar-refractivity contribution in [1.82, 2.24) is 15.0 Å². The van der Waals surface area contributed by atoms with Crippen LogP contribution >= 0.6 is 0 Å². The van der Waals surface area contributed by atoms with Crippen LogP contribution in [0.1, 0.15) is 28.3 Å². The number of aromatic amines is 1. The van der Waals surface area contributed by atoms with E-state index in [1.165, 1.54) is 25.5 Å². The fraction of sp³-hybridized carbons (Fsp3) is 0.208. The first kappa shape index (κ1) is 23.1. The van der Waals surface area contributed by atoms with Crippen molar-refractivity contribution in [3.8, 4) is 0 Å². The normalized spacial score (nSPS) is 12.6. The predicted octanol–water partition coefficient (Wildman–Crippen LogP) is 4.97. The van der Waals surface area contributed by atoms with Gasteiger partial charge >= 0.3 is 6.18 Å². The van der Waals surface area contributed by atoms with Crippen molar-refractivity contribution in [2.75, 3.05) is 12.4 Å². The number of rotatable bonds is 8. The van der Waals surface area contributed by atoms with Crippen LogP contribution in [0.4, 0.5) is 18.9 Å². The minimum Gasteiger partial charge on any atom is -0.469 e. The van der Waals surface area contributed by atoms with Gasteiger partial charge in [0.2, 0.25) is 0 Å². The van der Waals surface area contributed by atoms with Crippen molar-refractivity contribution < 1.29 is 17.6 Å². The Morgan fingerprint density at radius 2 is 2.09 bits per heavy atom. The van der Waals surface area contributed by atoms with E-state index in [2.05, 4.69) is 25.3 Å². The van der Waals surface area contributed by atoms with Gasteiger partial charge in [0.1, 0.15) is 17.1 Å². The summed E-state index contributed by atoms with van der Waals surface area (Å²) in [6, 6.07) is 9.53. The molecule has 34 heavy (non-hydrogen) atoms. The van der Waals surface area contributed by atoms with Gasteiger partial charge in [0.05, 0.1) is 17.5 Å². The molecule has 0 unspecified atom stereocenters. The van der Waals surface area contributed by atoms with Gasteiger partial charge in [-0.3, -0.25) is 4.99 Å². The van der Waals surface area contributed by atoms with Gasteiger partial charge in [-0.25, -0.2) is 9.97 Å². The lowest BCUT2D eigenvalue weighted by Gasteiger charge is -2.16. The molecule has 0 saturated heterocycles. The van der Waals surface area contributed by atoms with Crippen LogP contribution in [-0.4, -0.2) is 28.2 Å². The van der Waals surface area contributed by atoms with Gasteiger partial charge < -0.3 is 20.5 Å². The number of nitrogens with one attached hydrogen (secondary N) is 2. The number of nitrogens with two attached hydrogens (primary N) is 1. The second kappa shape index (κ2) is 9.82. The van der Waals surface area contributed by atoms with Gasteiger partial charge in [0, 0.05) is 50.6 Å². The van der Waals surface area contributed by atoms with E-state index >= 15 is 0 Å². The van der Waals surface area contributed by atoms with E-state index in [1.807, 2.05) is 12.1 Å². The maximum Gasteiger partial charge on any atom is 0.416 e. The lowest BCUT2D eigenvalue weighted by atomic mass is 9.99. The highest BCUT2D eigenvalue weighted by molar-refractivity contribution is 6.09. The molecule has 0 aliphatic heterocycles. The standard InChI is InChI=1S/C24H23F3N6O/c1-29-13-17(12-28)15-4-5-16(19(11-15)24(25,26)27)14-31-20-8-9-30-23-22(20)32-21(33-23)7-6-18-3-2-10-34-18/h2-5,8-13H,6-7,14,28H2,1H3,(H2,30,31,32,33)/b17-12+,29-13?. The SMILES string of the molecule is CN=C/C(=C\N)c1ccc(CNc2ccnc3nc(CCc4ccco4)[nH]c23)c(C(F)(F)F)c1. The van der Waals surface area contributed by atoms with Crippen LogP contribution in [0.5, 0.6) is 0 Å². The largest absolute Gasteiger partial charge is 0.469 e. The average Bonchev–Trinajstić information content (AvgIpc) is 3.49. The number of pyridine rings is 1. The molecular weight excluding hydrogens is 445 g/mol. The number of anilines is 1. The fourth-order valence-corrected chi connectivity index (χ4v) is 3.64. The van der Waals surface area contributed by atoms with Gasteiger partial charge in [0.15, 0.2) is 5.65 Å². The molecule has 7 nitrogen and oxygen atoms in total. The third-order valence-corrected chi connectivity index (χ3v) is 5.30. The average molecular weight is 468 g/mol. The van der Waals surface area contributed by atoms with Crippen molar-refractivity contribution in [1.29, 1.82) is 0 Å². The number of hydrogen-bond acceptors (Lipinski definition) is 6. The minimum absolute atomic E-state index is 0.0431. The Balaban J connectivity index is 1.57. The summed E-state index contributed by atoms with van der Waals surface area (Å²) in [5.41, 5.74) is 7.40. The Hall–Kier alpha value is -4.08. The summed E-state index contributed by atoms with van der Waals surface area (Å²) in [5, 5.41) is 3.09. The molecule has 1 aromatic carbocycles. The molecular formula is C24H23F3N6O. The first-order valence-electron chi connectivity index (χ1n) is 10.5. The molecule has 3 aromatic heterocycles. The van der Waals surface area contributed by atoms with Crippen molar-refractivity contribution in [2.45, 2.75) is 25.6 Å². The van der Waals surface area contributed by atoms with Gasteiger partial charge in [0.25, 0.3) is 0 Å². The first-order valence-corrected chi connectivity index (χ1v) is 10.5. The first-order chi connectivity index (χ1) is 16.4. The molecule has 0 saturated carbocycles. The van der Waals surface area contributed by atoms with Gasteiger partial charge in [-0.2, -0.15) is 13.2 Å². The molecule has 0 bridgehead atoms. The maximum absolute atomic E-state index is 13.8. The van der Waals surface area contributed by atoms with E-state index in [0.29, 0.717) is 46.7 Å². The monoisotopic (exact) mass is 468 g/mol. The minimum atomic E-state index is -4.53. The Kier molecular flexibility index (Phi) is 6.67. The molecule has 10 heteroatoms. The fourth-order valence-electron chi connectivity index (χ4n) is 3.64. The molecule has 0 aliphatic carbocycles. The zero-order valence-corrected chi connectivity index (χ0v) is 18.4. The Labute approximate surface area is 193 Å². The predicted molar refractivity (Wildman–Crippen MR) is 125 cm³/mol. The molecule has 0 fully saturated rings. The summed E-state index contributed by atoms with van der Waals surface area (Å²) in [6.07, 6.45) is 2.58. The van der Waals surface area contributed by atoms with Crippen LogP contribution in [0.25, 0.3) is 16.7 Å². The zero-order valence-electron chi connectivity index (χ0n) is 18.4. The summed E-state index contributed by atoms with van der Waals surface area (Å²) in [5.74, 6) is 1.56. The number of hydrogen-bond donors (Lipinski definition) is 3. The zero-order chi connectivity index (χ0) is 24.1. The molecule has 0 aliphatic rings. The highest BCUT2D eigenvalue weighted by atomic mass is 19.4. The molecule has 4 N–H and O–H groups in total. The second-order valence-electron chi connectivity index (χ2n) is 7.55. The van der Waals surface area contributed by atoms with Crippen LogP contribution < -0.4 is 11.1 Å². The highest BCUT2D eigenvalue weighted by Crippen LogP contribution is 2.34. The van der Waals surface area contributed by atoms with E-state index in [9.17, 15) is 13.2 Å². The number of alkyl halides is 3. The number of aryl methyl sites for hydroxylation is 2. The highest BCUT2D eigenvalue weighted by Gasteiger charge is 2.33. The van der Waals surface area contributed by atoms with E-state index in [0.717, 1.165) is 11.8 Å². The quantitative estimate of drug-likeness (QED) is 0.317.